The van der Waals surface area contributed by atoms with Crippen molar-refractivity contribution in [1.82, 2.24) is 0 Å². The molecular weight excluding hydrogens is 214 g/mol. The molecule has 0 saturated carbocycles. The Balaban J connectivity index is 2.28. The van der Waals surface area contributed by atoms with Crippen LogP contribution in [-0.2, 0) is 4.74 Å². The van der Waals surface area contributed by atoms with Gasteiger partial charge in [0.15, 0.2) is 0 Å². The molecule has 0 saturated heterocycles. The molecule has 17 heavy (non-hydrogen) atoms. The van der Waals surface area contributed by atoms with E-state index in [0.717, 1.165) is 30.8 Å². The minimum Gasteiger partial charge on any atom is -0.491 e. The summed E-state index contributed by atoms with van der Waals surface area (Å²) in [6, 6.07) is 7.61. The van der Waals surface area contributed by atoms with Gasteiger partial charge < -0.3 is 9.47 Å². The molecule has 0 aliphatic heterocycles. The third-order valence-electron chi connectivity index (χ3n) is 2.46. The predicted molar refractivity (Wildman–Crippen MR) is 67.1 cm³/mol. The van der Waals surface area contributed by atoms with Crippen LogP contribution in [0, 0.1) is 18.3 Å². The fraction of sp³-hybridized carbons (Fsp3) is 0.500. The van der Waals surface area contributed by atoms with Crippen LogP contribution in [-0.4, -0.2) is 19.8 Å². The van der Waals surface area contributed by atoms with Gasteiger partial charge in [-0.1, -0.05) is 13.3 Å². The van der Waals surface area contributed by atoms with E-state index in [9.17, 15) is 0 Å². The highest BCUT2D eigenvalue weighted by atomic mass is 16.5. The standard InChI is InChI=1S/C14H19NO2/c1-3-4-7-16-8-9-17-14-6-5-13(11-15)12(2)10-14/h5-6,10H,3-4,7-9H2,1-2H3. The molecule has 0 aliphatic carbocycles. The van der Waals surface area contributed by atoms with E-state index in [-0.39, 0.29) is 0 Å². The van der Waals surface area contributed by atoms with E-state index >= 15 is 0 Å². The SMILES string of the molecule is CCCCOCCOc1ccc(C#N)c(C)c1. The Hall–Kier alpha value is -1.53. The molecule has 0 amide bonds. The van der Waals surface area contributed by atoms with Crippen molar-refractivity contribution in [2.24, 2.45) is 0 Å². The smallest absolute Gasteiger partial charge is 0.119 e. The lowest BCUT2D eigenvalue weighted by molar-refractivity contribution is 0.0980. The minimum absolute atomic E-state index is 0.551. The van der Waals surface area contributed by atoms with Gasteiger partial charge in [0, 0.05) is 6.61 Å². The zero-order valence-corrected chi connectivity index (χ0v) is 10.5. The topological polar surface area (TPSA) is 42.2 Å². The van der Waals surface area contributed by atoms with Crippen LogP contribution in [0.4, 0.5) is 0 Å². The third-order valence-corrected chi connectivity index (χ3v) is 2.46. The maximum Gasteiger partial charge on any atom is 0.119 e. The Morgan fingerprint density at radius 3 is 2.71 bits per heavy atom. The van der Waals surface area contributed by atoms with Gasteiger partial charge in [0.2, 0.25) is 0 Å². The summed E-state index contributed by atoms with van der Waals surface area (Å²) in [4.78, 5) is 0. The Labute approximate surface area is 103 Å². The van der Waals surface area contributed by atoms with Gasteiger partial charge in [-0.25, -0.2) is 0 Å². The zero-order valence-electron chi connectivity index (χ0n) is 10.5. The number of aryl methyl sites for hydroxylation is 1. The summed E-state index contributed by atoms with van der Waals surface area (Å²) >= 11 is 0. The molecule has 3 heteroatoms. The summed E-state index contributed by atoms with van der Waals surface area (Å²) < 4.78 is 10.9. The minimum atomic E-state index is 0.551. The normalized spacial score (nSPS) is 9.94. The molecule has 0 aliphatic rings. The molecule has 0 heterocycles. The first-order valence-corrected chi connectivity index (χ1v) is 5.99. The van der Waals surface area contributed by atoms with Crippen molar-refractivity contribution >= 4 is 0 Å². The molecule has 0 bridgehead atoms. The van der Waals surface area contributed by atoms with Crippen molar-refractivity contribution < 1.29 is 9.47 Å². The highest BCUT2D eigenvalue weighted by molar-refractivity contribution is 5.41. The molecule has 1 aromatic carbocycles. The van der Waals surface area contributed by atoms with Crippen LogP contribution in [0.1, 0.15) is 30.9 Å². The largest absolute Gasteiger partial charge is 0.491 e. The van der Waals surface area contributed by atoms with Crippen molar-refractivity contribution in [1.29, 1.82) is 5.26 Å². The summed E-state index contributed by atoms with van der Waals surface area (Å²) in [5.41, 5.74) is 1.63. The molecule has 0 radical (unpaired) electrons. The van der Waals surface area contributed by atoms with Crippen LogP contribution in [0.5, 0.6) is 5.75 Å². The first-order valence-electron chi connectivity index (χ1n) is 5.99. The Kier molecular flexibility index (Phi) is 6.13. The van der Waals surface area contributed by atoms with E-state index in [1.807, 2.05) is 19.1 Å². The lowest BCUT2D eigenvalue weighted by atomic mass is 10.1. The zero-order chi connectivity index (χ0) is 12.5. The van der Waals surface area contributed by atoms with Gasteiger partial charge in [0.05, 0.1) is 18.2 Å². The van der Waals surface area contributed by atoms with Gasteiger partial charge in [-0.3, -0.25) is 0 Å². The number of nitrogens with zero attached hydrogens (tertiary/aromatic N) is 1. The summed E-state index contributed by atoms with van der Waals surface area (Å²) in [7, 11) is 0. The fourth-order valence-corrected chi connectivity index (χ4v) is 1.42. The molecule has 0 spiro atoms. The summed E-state index contributed by atoms with van der Waals surface area (Å²) in [5.74, 6) is 0.792. The Morgan fingerprint density at radius 1 is 1.24 bits per heavy atom. The number of hydrogen-bond acceptors (Lipinski definition) is 3. The first kappa shape index (κ1) is 13.5. The third kappa shape index (κ3) is 4.88. The quantitative estimate of drug-likeness (QED) is 0.680. The second-order valence-corrected chi connectivity index (χ2v) is 3.90. The lowest BCUT2D eigenvalue weighted by Crippen LogP contribution is -2.07. The van der Waals surface area contributed by atoms with Crippen LogP contribution >= 0.6 is 0 Å². The second-order valence-electron chi connectivity index (χ2n) is 3.90. The van der Waals surface area contributed by atoms with Gasteiger partial charge in [-0.2, -0.15) is 5.26 Å². The molecule has 0 atom stereocenters. The van der Waals surface area contributed by atoms with Crippen LogP contribution < -0.4 is 4.74 Å². The lowest BCUT2D eigenvalue weighted by Gasteiger charge is -2.08. The van der Waals surface area contributed by atoms with E-state index in [2.05, 4.69) is 13.0 Å². The van der Waals surface area contributed by atoms with Crippen LogP contribution in [0.15, 0.2) is 18.2 Å². The number of nitriles is 1. The second kappa shape index (κ2) is 7.70. The highest BCUT2D eigenvalue weighted by Gasteiger charge is 1.99. The van der Waals surface area contributed by atoms with E-state index in [1.54, 1.807) is 6.07 Å². The van der Waals surface area contributed by atoms with Crippen molar-refractivity contribution in [3.8, 4) is 11.8 Å². The predicted octanol–water partition coefficient (Wildman–Crippen LogP) is 3.06. The van der Waals surface area contributed by atoms with Gasteiger partial charge >= 0.3 is 0 Å². The highest BCUT2D eigenvalue weighted by Crippen LogP contribution is 2.16. The van der Waals surface area contributed by atoms with Crippen LogP contribution in [0.3, 0.4) is 0 Å². The van der Waals surface area contributed by atoms with Gasteiger partial charge in [-0.05, 0) is 37.1 Å². The summed E-state index contributed by atoms with van der Waals surface area (Å²) in [6.45, 7) is 6.00. The maximum atomic E-state index is 8.80. The fourth-order valence-electron chi connectivity index (χ4n) is 1.42. The van der Waals surface area contributed by atoms with Crippen molar-refractivity contribution in [3.63, 3.8) is 0 Å². The molecule has 92 valence electrons. The molecule has 0 unspecified atom stereocenters. The molecule has 1 rings (SSSR count). The number of benzene rings is 1. The van der Waals surface area contributed by atoms with Gasteiger partial charge in [0.25, 0.3) is 0 Å². The van der Waals surface area contributed by atoms with Crippen molar-refractivity contribution in [2.45, 2.75) is 26.7 Å². The van der Waals surface area contributed by atoms with Gasteiger partial charge in [0.1, 0.15) is 12.4 Å². The molecule has 0 N–H and O–H groups in total. The molecule has 0 aromatic heterocycles. The Morgan fingerprint density at radius 2 is 2.06 bits per heavy atom. The molecule has 0 fully saturated rings. The van der Waals surface area contributed by atoms with Crippen molar-refractivity contribution in [3.05, 3.63) is 29.3 Å². The number of hydrogen-bond donors (Lipinski definition) is 0. The van der Waals surface area contributed by atoms with Crippen LogP contribution in [0.2, 0.25) is 0 Å². The van der Waals surface area contributed by atoms with E-state index in [4.69, 9.17) is 14.7 Å². The van der Waals surface area contributed by atoms with E-state index < -0.39 is 0 Å². The first-order chi connectivity index (χ1) is 8.27. The maximum absolute atomic E-state index is 8.80. The van der Waals surface area contributed by atoms with E-state index in [1.165, 1.54) is 0 Å². The van der Waals surface area contributed by atoms with E-state index in [0.29, 0.717) is 18.8 Å². The monoisotopic (exact) mass is 233 g/mol. The molecule has 3 nitrogen and oxygen atoms in total. The summed E-state index contributed by atoms with van der Waals surface area (Å²) in [5, 5.41) is 8.80. The van der Waals surface area contributed by atoms with Gasteiger partial charge in [-0.15, -0.1) is 0 Å². The van der Waals surface area contributed by atoms with Crippen molar-refractivity contribution in [2.75, 3.05) is 19.8 Å². The van der Waals surface area contributed by atoms with Crippen LogP contribution in [0.25, 0.3) is 0 Å². The Bertz CT molecular complexity index is 382. The summed E-state index contributed by atoms with van der Waals surface area (Å²) in [6.07, 6.45) is 2.24. The average molecular weight is 233 g/mol. The molecule has 1 aromatic rings. The number of rotatable bonds is 7. The number of unbranched alkanes of at least 4 members (excludes halogenated alkanes) is 1. The average Bonchev–Trinajstić information content (AvgIpc) is 2.34. The number of ether oxygens (including phenoxy) is 2. The molecular formula is C14H19NO2.